The standard InChI is InChI=1S/C22H27N5O/c1-3-13-27(14-4-2)15-21(28)25-17-9-11-18(12-10-17)26-22-19-7-5-6-8-20(19)23-16-24-22/h5-12,16H,3-4,13-15H2,1-2H3,(H,25,28)(H,23,24,26). The number of nitrogens with one attached hydrogen (secondary N) is 2. The van der Waals surface area contributed by atoms with E-state index >= 15 is 0 Å². The quantitative estimate of drug-likeness (QED) is 0.577. The molecule has 1 amide bonds. The number of carbonyl (C=O) groups excluding carboxylic acids is 1. The smallest absolute Gasteiger partial charge is 0.238 e. The van der Waals surface area contributed by atoms with E-state index in [1.807, 2.05) is 48.5 Å². The SMILES string of the molecule is CCCN(CCC)CC(=O)Nc1ccc(Nc2ncnc3ccccc23)cc1. The maximum Gasteiger partial charge on any atom is 0.238 e. The van der Waals surface area contributed by atoms with E-state index in [4.69, 9.17) is 0 Å². The molecule has 0 saturated heterocycles. The molecule has 146 valence electrons. The van der Waals surface area contributed by atoms with Crippen LogP contribution in [0.1, 0.15) is 26.7 Å². The fourth-order valence-corrected chi connectivity index (χ4v) is 3.18. The van der Waals surface area contributed by atoms with Gasteiger partial charge in [0.05, 0.1) is 12.1 Å². The molecule has 0 aliphatic heterocycles. The monoisotopic (exact) mass is 377 g/mol. The van der Waals surface area contributed by atoms with Crippen LogP contribution in [0.3, 0.4) is 0 Å². The highest BCUT2D eigenvalue weighted by molar-refractivity contribution is 5.93. The highest BCUT2D eigenvalue weighted by atomic mass is 16.2. The normalized spacial score (nSPS) is 11.0. The van der Waals surface area contributed by atoms with Crippen molar-refractivity contribution in [3.63, 3.8) is 0 Å². The zero-order valence-electron chi connectivity index (χ0n) is 16.5. The molecule has 6 nitrogen and oxygen atoms in total. The zero-order valence-corrected chi connectivity index (χ0v) is 16.5. The minimum absolute atomic E-state index is 0.0180. The third-order valence-electron chi connectivity index (χ3n) is 4.42. The Balaban J connectivity index is 1.62. The molecule has 0 aliphatic carbocycles. The van der Waals surface area contributed by atoms with Gasteiger partial charge in [-0.3, -0.25) is 9.69 Å². The number of aromatic nitrogens is 2. The molecule has 3 aromatic rings. The number of benzene rings is 2. The first-order valence-corrected chi connectivity index (χ1v) is 9.78. The van der Waals surface area contributed by atoms with Crippen molar-refractivity contribution < 1.29 is 4.79 Å². The van der Waals surface area contributed by atoms with Gasteiger partial charge in [0.2, 0.25) is 5.91 Å². The predicted octanol–water partition coefficient (Wildman–Crippen LogP) is 4.43. The van der Waals surface area contributed by atoms with Gasteiger partial charge < -0.3 is 10.6 Å². The maximum atomic E-state index is 12.3. The molecule has 0 saturated carbocycles. The second kappa shape index (κ2) is 9.80. The Kier molecular flexibility index (Phi) is 6.92. The van der Waals surface area contributed by atoms with Crippen LogP contribution in [0.25, 0.3) is 10.9 Å². The second-order valence-electron chi connectivity index (χ2n) is 6.77. The van der Waals surface area contributed by atoms with Gasteiger partial charge in [0, 0.05) is 16.8 Å². The average molecular weight is 377 g/mol. The van der Waals surface area contributed by atoms with Crippen molar-refractivity contribution in [2.45, 2.75) is 26.7 Å². The Bertz CT molecular complexity index is 899. The van der Waals surface area contributed by atoms with Gasteiger partial charge in [0.15, 0.2) is 0 Å². The fraction of sp³-hybridized carbons (Fsp3) is 0.318. The van der Waals surface area contributed by atoms with E-state index in [9.17, 15) is 4.79 Å². The Labute approximate surface area is 166 Å². The molecule has 0 fully saturated rings. The van der Waals surface area contributed by atoms with Crippen molar-refractivity contribution >= 4 is 34.0 Å². The number of amides is 1. The summed E-state index contributed by atoms with van der Waals surface area (Å²) < 4.78 is 0. The summed E-state index contributed by atoms with van der Waals surface area (Å²) in [5, 5.41) is 7.26. The van der Waals surface area contributed by atoms with E-state index in [-0.39, 0.29) is 5.91 Å². The minimum Gasteiger partial charge on any atom is -0.340 e. The van der Waals surface area contributed by atoms with E-state index < -0.39 is 0 Å². The van der Waals surface area contributed by atoms with E-state index in [2.05, 4.69) is 39.3 Å². The summed E-state index contributed by atoms with van der Waals surface area (Å²) in [5.74, 6) is 0.779. The molecule has 0 bridgehead atoms. The lowest BCUT2D eigenvalue weighted by atomic mass is 10.2. The van der Waals surface area contributed by atoms with Crippen LogP contribution in [0.4, 0.5) is 17.2 Å². The van der Waals surface area contributed by atoms with E-state index in [0.29, 0.717) is 6.54 Å². The van der Waals surface area contributed by atoms with Crippen molar-refractivity contribution in [1.82, 2.24) is 14.9 Å². The molecule has 0 atom stereocenters. The molecule has 0 radical (unpaired) electrons. The van der Waals surface area contributed by atoms with Gasteiger partial charge in [-0.1, -0.05) is 26.0 Å². The van der Waals surface area contributed by atoms with Crippen LogP contribution in [0, 0.1) is 0 Å². The number of anilines is 3. The summed E-state index contributed by atoms with van der Waals surface area (Å²) in [6.45, 7) is 6.57. The predicted molar refractivity (Wildman–Crippen MR) is 115 cm³/mol. The molecule has 6 heteroatoms. The lowest BCUT2D eigenvalue weighted by molar-refractivity contribution is -0.117. The molecule has 3 rings (SSSR count). The number of hydrogen-bond donors (Lipinski definition) is 2. The van der Waals surface area contributed by atoms with Crippen LogP contribution in [0.2, 0.25) is 0 Å². The molecule has 2 N–H and O–H groups in total. The Morgan fingerprint density at radius 1 is 0.929 bits per heavy atom. The maximum absolute atomic E-state index is 12.3. The van der Waals surface area contributed by atoms with Crippen LogP contribution in [-0.2, 0) is 4.79 Å². The van der Waals surface area contributed by atoms with Crippen LogP contribution < -0.4 is 10.6 Å². The van der Waals surface area contributed by atoms with Crippen molar-refractivity contribution in [2.24, 2.45) is 0 Å². The lowest BCUT2D eigenvalue weighted by Gasteiger charge is -2.20. The third-order valence-corrected chi connectivity index (χ3v) is 4.42. The van der Waals surface area contributed by atoms with E-state index in [0.717, 1.165) is 54.0 Å². The van der Waals surface area contributed by atoms with Gasteiger partial charge in [-0.2, -0.15) is 0 Å². The van der Waals surface area contributed by atoms with Gasteiger partial charge >= 0.3 is 0 Å². The topological polar surface area (TPSA) is 70.2 Å². The number of para-hydroxylation sites is 1. The van der Waals surface area contributed by atoms with Crippen LogP contribution in [0.15, 0.2) is 54.9 Å². The van der Waals surface area contributed by atoms with Crippen molar-refractivity contribution in [3.8, 4) is 0 Å². The number of nitrogens with zero attached hydrogens (tertiary/aromatic N) is 3. The lowest BCUT2D eigenvalue weighted by Crippen LogP contribution is -2.34. The minimum atomic E-state index is 0.0180. The molecule has 0 aliphatic rings. The van der Waals surface area contributed by atoms with Gasteiger partial charge in [-0.25, -0.2) is 9.97 Å². The highest BCUT2D eigenvalue weighted by Gasteiger charge is 2.09. The third kappa shape index (κ3) is 5.27. The van der Waals surface area contributed by atoms with Crippen LogP contribution in [0.5, 0.6) is 0 Å². The first-order valence-electron chi connectivity index (χ1n) is 9.78. The van der Waals surface area contributed by atoms with Gasteiger partial charge in [0.25, 0.3) is 0 Å². The number of carbonyl (C=O) groups is 1. The molecule has 0 unspecified atom stereocenters. The fourth-order valence-electron chi connectivity index (χ4n) is 3.18. The van der Waals surface area contributed by atoms with Crippen LogP contribution >= 0.6 is 0 Å². The van der Waals surface area contributed by atoms with Crippen molar-refractivity contribution in [1.29, 1.82) is 0 Å². The largest absolute Gasteiger partial charge is 0.340 e. The molecule has 0 spiro atoms. The van der Waals surface area contributed by atoms with Gasteiger partial charge in [0.1, 0.15) is 12.1 Å². The van der Waals surface area contributed by atoms with E-state index in [1.165, 1.54) is 0 Å². The average Bonchev–Trinajstić information content (AvgIpc) is 2.70. The molecule has 1 heterocycles. The first kappa shape index (κ1) is 19.8. The van der Waals surface area contributed by atoms with Crippen LogP contribution in [-0.4, -0.2) is 40.4 Å². The molecular weight excluding hydrogens is 350 g/mol. The van der Waals surface area contributed by atoms with E-state index in [1.54, 1.807) is 6.33 Å². The summed E-state index contributed by atoms with van der Waals surface area (Å²) in [7, 11) is 0. The van der Waals surface area contributed by atoms with Crippen molar-refractivity contribution in [3.05, 3.63) is 54.9 Å². The Morgan fingerprint density at radius 3 is 2.32 bits per heavy atom. The van der Waals surface area contributed by atoms with Gasteiger partial charge in [-0.15, -0.1) is 0 Å². The summed E-state index contributed by atoms with van der Waals surface area (Å²) >= 11 is 0. The number of hydrogen-bond acceptors (Lipinski definition) is 5. The molecule has 1 aromatic heterocycles. The molecule has 28 heavy (non-hydrogen) atoms. The molecular formula is C22H27N5O. The Morgan fingerprint density at radius 2 is 1.61 bits per heavy atom. The highest BCUT2D eigenvalue weighted by Crippen LogP contribution is 2.23. The summed E-state index contributed by atoms with van der Waals surface area (Å²) in [4.78, 5) is 23.1. The zero-order chi connectivity index (χ0) is 19.8. The number of rotatable bonds is 9. The van der Waals surface area contributed by atoms with Crippen molar-refractivity contribution in [2.75, 3.05) is 30.3 Å². The summed E-state index contributed by atoms with van der Waals surface area (Å²) in [6.07, 6.45) is 3.65. The summed E-state index contributed by atoms with van der Waals surface area (Å²) in [5.41, 5.74) is 2.59. The summed E-state index contributed by atoms with van der Waals surface area (Å²) in [6, 6.07) is 15.5. The van der Waals surface area contributed by atoms with Gasteiger partial charge in [-0.05, 0) is 62.3 Å². The Hall–Kier alpha value is -2.99. The first-order chi connectivity index (χ1) is 13.7. The molecule has 2 aromatic carbocycles. The number of fused-ring (bicyclic) bond motifs is 1. The second-order valence-corrected chi connectivity index (χ2v) is 6.77.